The van der Waals surface area contributed by atoms with Crippen LogP contribution in [0, 0.1) is 12.7 Å². The molecule has 0 radical (unpaired) electrons. The molecular formula is C23H19FN4O2. The summed E-state index contributed by atoms with van der Waals surface area (Å²) in [5.41, 5.74) is 4.85. The van der Waals surface area contributed by atoms with Crippen LogP contribution in [0.1, 0.15) is 34.3 Å². The van der Waals surface area contributed by atoms with Crippen molar-refractivity contribution in [2.24, 2.45) is 10.2 Å². The van der Waals surface area contributed by atoms with E-state index in [9.17, 15) is 10.0 Å². The van der Waals surface area contributed by atoms with Crippen molar-refractivity contribution < 1.29 is 14.4 Å². The second kappa shape index (κ2) is 7.03. The van der Waals surface area contributed by atoms with Crippen molar-refractivity contribution in [3.05, 3.63) is 83.0 Å². The minimum absolute atomic E-state index is 0.138. The van der Waals surface area contributed by atoms with Crippen LogP contribution in [-0.4, -0.2) is 22.2 Å². The molecule has 0 bridgehead atoms. The van der Waals surface area contributed by atoms with Crippen LogP contribution in [0.2, 0.25) is 0 Å². The van der Waals surface area contributed by atoms with Gasteiger partial charge in [-0.1, -0.05) is 6.07 Å². The van der Waals surface area contributed by atoms with E-state index in [1.54, 1.807) is 30.4 Å². The SMILES string of the molecule is Cc1ccc(C(=O)NC2CC2)cc1-c1cc2c(cc1F)C(=C1C=CN(O)C=C1)N=N2. The van der Waals surface area contributed by atoms with Crippen LogP contribution in [0.25, 0.3) is 16.8 Å². The number of azo groups is 1. The van der Waals surface area contributed by atoms with E-state index in [0.717, 1.165) is 29.0 Å². The van der Waals surface area contributed by atoms with Crippen molar-refractivity contribution >= 4 is 17.3 Å². The lowest BCUT2D eigenvalue weighted by Gasteiger charge is -2.13. The summed E-state index contributed by atoms with van der Waals surface area (Å²) >= 11 is 0. The van der Waals surface area contributed by atoms with Gasteiger partial charge in [0.05, 0.1) is 5.69 Å². The molecule has 0 unspecified atom stereocenters. The van der Waals surface area contributed by atoms with Gasteiger partial charge in [-0.25, -0.2) is 9.45 Å². The highest BCUT2D eigenvalue weighted by atomic mass is 19.1. The zero-order valence-corrected chi connectivity index (χ0v) is 16.3. The van der Waals surface area contributed by atoms with Crippen LogP contribution in [0.4, 0.5) is 10.1 Å². The molecule has 1 amide bonds. The third-order valence-electron chi connectivity index (χ3n) is 5.39. The summed E-state index contributed by atoms with van der Waals surface area (Å²) in [5, 5.41) is 21.7. The minimum Gasteiger partial charge on any atom is -0.349 e. The molecule has 2 aromatic rings. The molecule has 3 aliphatic rings. The Kier molecular flexibility index (Phi) is 4.33. The lowest BCUT2D eigenvalue weighted by molar-refractivity contribution is 0.0105. The van der Waals surface area contributed by atoms with Crippen LogP contribution >= 0.6 is 0 Å². The van der Waals surface area contributed by atoms with E-state index in [1.807, 2.05) is 13.0 Å². The molecule has 0 spiro atoms. The highest BCUT2D eigenvalue weighted by Crippen LogP contribution is 2.42. The molecule has 1 fully saturated rings. The maximum Gasteiger partial charge on any atom is 0.251 e. The average Bonchev–Trinajstić information content (AvgIpc) is 3.46. The zero-order valence-electron chi connectivity index (χ0n) is 16.3. The predicted molar refractivity (Wildman–Crippen MR) is 110 cm³/mol. The third kappa shape index (κ3) is 3.33. The van der Waals surface area contributed by atoms with Gasteiger partial charge in [-0.05, 0) is 67.3 Å². The Bertz CT molecular complexity index is 1180. The molecule has 150 valence electrons. The summed E-state index contributed by atoms with van der Waals surface area (Å²) in [6, 6.07) is 8.67. The molecule has 5 rings (SSSR count). The van der Waals surface area contributed by atoms with Gasteiger partial charge in [0.25, 0.3) is 5.91 Å². The van der Waals surface area contributed by atoms with E-state index in [0.29, 0.717) is 33.6 Å². The number of hydrogen-bond donors (Lipinski definition) is 2. The second-order valence-corrected chi connectivity index (χ2v) is 7.64. The van der Waals surface area contributed by atoms with Crippen molar-refractivity contribution in [1.29, 1.82) is 0 Å². The largest absolute Gasteiger partial charge is 0.349 e. The number of nitrogens with zero attached hydrogens (tertiary/aromatic N) is 3. The number of aryl methyl sites for hydroxylation is 1. The van der Waals surface area contributed by atoms with Crippen LogP contribution in [-0.2, 0) is 0 Å². The number of carbonyl (C=O) groups excluding carboxylic acids is 1. The number of benzene rings is 2. The number of carbonyl (C=O) groups is 1. The first-order valence-corrected chi connectivity index (χ1v) is 9.75. The molecule has 2 aromatic carbocycles. The Labute approximate surface area is 172 Å². The van der Waals surface area contributed by atoms with Crippen molar-refractivity contribution in [2.75, 3.05) is 0 Å². The molecule has 2 aliphatic heterocycles. The first kappa shape index (κ1) is 18.4. The Balaban J connectivity index is 1.54. The van der Waals surface area contributed by atoms with Crippen molar-refractivity contribution in [3.8, 4) is 11.1 Å². The number of rotatable bonds is 3. The lowest BCUT2D eigenvalue weighted by Crippen LogP contribution is -2.25. The molecule has 2 heterocycles. The monoisotopic (exact) mass is 402 g/mol. The fraction of sp³-hybridized carbons (Fsp3) is 0.174. The standard InChI is InChI=1S/C23H19FN4O2/c1-13-2-3-15(23(29)25-16-4-5-16)10-17(13)18-12-21-19(11-20(18)24)22(27-26-21)14-6-8-28(30)9-7-14/h2-3,6-12,16,30H,4-5H2,1H3,(H,25,29). The van der Waals surface area contributed by atoms with E-state index in [2.05, 4.69) is 15.5 Å². The smallest absolute Gasteiger partial charge is 0.251 e. The Hall–Kier alpha value is -3.58. The molecular weight excluding hydrogens is 383 g/mol. The summed E-state index contributed by atoms with van der Waals surface area (Å²) in [7, 11) is 0. The maximum atomic E-state index is 15.2. The summed E-state index contributed by atoms with van der Waals surface area (Å²) in [4.78, 5) is 12.4. The van der Waals surface area contributed by atoms with Gasteiger partial charge in [0, 0.05) is 40.7 Å². The molecule has 30 heavy (non-hydrogen) atoms. The van der Waals surface area contributed by atoms with Gasteiger partial charge >= 0.3 is 0 Å². The van der Waals surface area contributed by atoms with Gasteiger partial charge in [-0.2, -0.15) is 0 Å². The fourth-order valence-corrected chi connectivity index (χ4v) is 3.54. The number of halogens is 1. The number of hydroxylamine groups is 2. The fourth-order valence-electron chi connectivity index (χ4n) is 3.54. The van der Waals surface area contributed by atoms with E-state index < -0.39 is 5.82 Å². The van der Waals surface area contributed by atoms with E-state index in [4.69, 9.17) is 0 Å². The zero-order chi connectivity index (χ0) is 20.8. The minimum atomic E-state index is -0.408. The second-order valence-electron chi connectivity index (χ2n) is 7.64. The lowest BCUT2D eigenvalue weighted by atomic mass is 9.94. The van der Waals surface area contributed by atoms with Gasteiger partial charge < -0.3 is 5.32 Å². The Morgan fingerprint density at radius 3 is 2.60 bits per heavy atom. The maximum absolute atomic E-state index is 15.2. The Morgan fingerprint density at radius 1 is 1.10 bits per heavy atom. The van der Waals surface area contributed by atoms with Crippen molar-refractivity contribution in [3.63, 3.8) is 0 Å². The van der Waals surface area contributed by atoms with Gasteiger partial charge in [-0.3, -0.25) is 10.0 Å². The molecule has 7 heteroatoms. The Morgan fingerprint density at radius 2 is 1.87 bits per heavy atom. The molecule has 0 saturated heterocycles. The average molecular weight is 402 g/mol. The van der Waals surface area contributed by atoms with Gasteiger partial charge in [0.1, 0.15) is 11.5 Å². The van der Waals surface area contributed by atoms with Crippen LogP contribution in [0.15, 0.2) is 70.7 Å². The van der Waals surface area contributed by atoms with Gasteiger partial charge in [-0.15, -0.1) is 10.2 Å². The first-order chi connectivity index (χ1) is 14.5. The highest BCUT2D eigenvalue weighted by Gasteiger charge is 2.25. The summed E-state index contributed by atoms with van der Waals surface area (Å²) in [6.45, 7) is 1.89. The number of hydrogen-bond acceptors (Lipinski definition) is 5. The number of nitrogens with one attached hydrogen (secondary N) is 1. The quantitative estimate of drug-likeness (QED) is 0.738. The first-order valence-electron chi connectivity index (χ1n) is 9.75. The predicted octanol–water partition coefficient (Wildman–Crippen LogP) is 5.23. The van der Waals surface area contributed by atoms with Gasteiger partial charge in [0.2, 0.25) is 0 Å². The van der Waals surface area contributed by atoms with Crippen molar-refractivity contribution in [1.82, 2.24) is 10.4 Å². The summed E-state index contributed by atoms with van der Waals surface area (Å²) < 4.78 is 15.2. The highest BCUT2D eigenvalue weighted by molar-refractivity contribution is 5.96. The van der Waals surface area contributed by atoms with E-state index in [1.165, 1.54) is 18.5 Å². The number of amides is 1. The summed E-state index contributed by atoms with van der Waals surface area (Å²) in [6.07, 6.45) is 8.33. The van der Waals surface area contributed by atoms with Crippen LogP contribution in [0.3, 0.4) is 0 Å². The van der Waals surface area contributed by atoms with Crippen LogP contribution < -0.4 is 5.32 Å². The molecule has 6 nitrogen and oxygen atoms in total. The molecule has 1 aliphatic carbocycles. The van der Waals surface area contributed by atoms with E-state index in [-0.39, 0.29) is 11.9 Å². The topological polar surface area (TPSA) is 77.3 Å². The normalized spacial score (nSPS) is 17.0. The number of allylic oxidation sites excluding steroid dienone is 3. The molecule has 1 saturated carbocycles. The van der Waals surface area contributed by atoms with Gasteiger partial charge in [0.15, 0.2) is 0 Å². The third-order valence-corrected chi connectivity index (χ3v) is 5.39. The van der Waals surface area contributed by atoms with E-state index >= 15 is 4.39 Å². The van der Waals surface area contributed by atoms with Crippen LogP contribution in [0.5, 0.6) is 0 Å². The number of fused-ring (bicyclic) bond motifs is 1. The van der Waals surface area contributed by atoms with Crippen molar-refractivity contribution in [2.45, 2.75) is 25.8 Å². The summed E-state index contributed by atoms with van der Waals surface area (Å²) in [5.74, 6) is -0.546. The molecule has 2 N–H and O–H groups in total. The molecule has 0 aromatic heterocycles. The molecule has 0 atom stereocenters.